The van der Waals surface area contributed by atoms with Crippen LogP contribution in [0.25, 0.3) is 0 Å². The van der Waals surface area contributed by atoms with Crippen molar-refractivity contribution < 1.29 is 4.79 Å². The molecule has 1 aromatic carbocycles. The number of aromatic nitrogens is 1. The maximum Gasteiger partial charge on any atom is 0.243 e. The molecule has 2 heterocycles. The first kappa shape index (κ1) is 11.0. The highest BCUT2D eigenvalue weighted by molar-refractivity contribution is 7.13. The second-order valence-electron chi connectivity index (χ2n) is 4.10. The quantitative estimate of drug-likeness (QED) is 0.862. The Kier molecular flexibility index (Phi) is 2.64. The highest BCUT2D eigenvalue weighted by Gasteiger charge is 2.21. The van der Waals surface area contributed by atoms with Gasteiger partial charge in [-0.3, -0.25) is 4.79 Å². The molecule has 0 saturated heterocycles. The van der Waals surface area contributed by atoms with Gasteiger partial charge < -0.3 is 16.0 Å². The Labute approximate surface area is 108 Å². The Hall–Kier alpha value is -2.08. The first-order valence-corrected chi connectivity index (χ1v) is 6.44. The van der Waals surface area contributed by atoms with Crippen molar-refractivity contribution in [2.75, 3.05) is 22.5 Å². The summed E-state index contributed by atoms with van der Waals surface area (Å²) in [6, 6.07) is 7.75. The molecule has 0 bridgehead atoms. The van der Waals surface area contributed by atoms with E-state index in [2.05, 4.69) is 10.3 Å². The zero-order chi connectivity index (χ0) is 12.5. The van der Waals surface area contributed by atoms with Gasteiger partial charge in [0.15, 0.2) is 5.13 Å². The van der Waals surface area contributed by atoms with Gasteiger partial charge in [0.2, 0.25) is 5.91 Å². The first-order valence-electron chi connectivity index (χ1n) is 5.56. The minimum atomic E-state index is -0.00287. The summed E-state index contributed by atoms with van der Waals surface area (Å²) in [4.78, 5) is 17.9. The van der Waals surface area contributed by atoms with E-state index in [9.17, 15) is 4.79 Å². The van der Waals surface area contributed by atoms with Crippen molar-refractivity contribution in [1.29, 1.82) is 0 Å². The molecule has 0 radical (unpaired) electrons. The number of nitrogens with one attached hydrogen (secondary N) is 1. The Balaban J connectivity index is 1.90. The summed E-state index contributed by atoms with van der Waals surface area (Å²) >= 11 is 1.41. The second-order valence-corrected chi connectivity index (χ2v) is 4.99. The van der Waals surface area contributed by atoms with Crippen LogP contribution in [0.1, 0.15) is 5.69 Å². The van der Waals surface area contributed by atoms with Gasteiger partial charge in [0.05, 0.1) is 30.2 Å². The Morgan fingerprint density at radius 3 is 3.06 bits per heavy atom. The van der Waals surface area contributed by atoms with Gasteiger partial charge in [-0.15, -0.1) is 11.3 Å². The molecule has 1 aromatic heterocycles. The van der Waals surface area contributed by atoms with Crippen molar-refractivity contribution >= 4 is 33.8 Å². The number of hydrogen-bond donors (Lipinski definition) is 2. The lowest BCUT2D eigenvalue weighted by Gasteiger charge is -2.30. The van der Waals surface area contributed by atoms with Gasteiger partial charge in [0, 0.05) is 5.38 Å². The number of para-hydroxylation sites is 2. The molecule has 0 aliphatic carbocycles. The van der Waals surface area contributed by atoms with E-state index < -0.39 is 0 Å². The molecule has 92 valence electrons. The lowest BCUT2D eigenvalue weighted by atomic mass is 10.2. The van der Waals surface area contributed by atoms with Crippen molar-refractivity contribution in [3.63, 3.8) is 0 Å². The molecule has 18 heavy (non-hydrogen) atoms. The smallest absolute Gasteiger partial charge is 0.243 e. The third-order valence-electron chi connectivity index (χ3n) is 2.78. The van der Waals surface area contributed by atoms with Crippen LogP contribution in [0.15, 0.2) is 29.6 Å². The molecule has 0 atom stereocenters. The molecular formula is C12H12N4OS. The van der Waals surface area contributed by atoms with Crippen LogP contribution in [-0.2, 0) is 11.3 Å². The van der Waals surface area contributed by atoms with Crippen molar-refractivity contribution in [1.82, 2.24) is 4.98 Å². The Bertz CT molecular complexity index is 595. The average Bonchev–Trinajstić information content (AvgIpc) is 2.74. The number of nitrogen functional groups attached to an aromatic ring is 1. The predicted molar refractivity (Wildman–Crippen MR) is 72.6 cm³/mol. The van der Waals surface area contributed by atoms with Gasteiger partial charge in [-0.2, -0.15) is 0 Å². The SMILES string of the molecule is Nc1nc(CN2CC(=O)Nc3ccccc32)cs1. The van der Waals surface area contributed by atoms with E-state index in [1.54, 1.807) is 0 Å². The number of benzene rings is 1. The molecule has 3 rings (SSSR count). The van der Waals surface area contributed by atoms with E-state index in [1.165, 1.54) is 11.3 Å². The summed E-state index contributed by atoms with van der Waals surface area (Å²) in [5.74, 6) is -0.00287. The fraction of sp³-hybridized carbons (Fsp3) is 0.167. The molecule has 6 heteroatoms. The number of hydrogen-bond acceptors (Lipinski definition) is 5. The number of carbonyl (C=O) groups excluding carboxylic acids is 1. The largest absolute Gasteiger partial charge is 0.375 e. The molecule has 1 amide bonds. The normalized spacial score (nSPS) is 14.2. The lowest BCUT2D eigenvalue weighted by Crippen LogP contribution is -2.37. The van der Waals surface area contributed by atoms with E-state index in [0.717, 1.165) is 17.1 Å². The molecule has 3 N–H and O–H groups in total. The third kappa shape index (κ3) is 2.02. The minimum Gasteiger partial charge on any atom is -0.375 e. The van der Waals surface area contributed by atoms with Crippen molar-refractivity contribution in [2.45, 2.75) is 6.54 Å². The molecule has 0 unspecified atom stereocenters. The zero-order valence-corrected chi connectivity index (χ0v) is 10.4. The Morgan fingerprint density at radius 1 is 1.44 bits per heavy atom. The number of rotatable bonds is 2. The van der Waals surface area contributed by atoms with Gasteiger partial charge >= 0.3 is 0 Å². The van der Waals surface area contributed by atoms with Crippen LogP contribution in [0.3, 0.4) is 0 Å². The molecule has 0 saturated carbocycles. The van der Waals surface area contributed by atoms with Crippen LogP contribution in [-0.4, -0.2) is 17.4 Å². The van der Waals surface area contributed by atoms with Crippen LogP contribution in [0, 0.1) is 0 Å². The number of nitrogens with two attached hydrogens (primary N) is 1. The summed E-state index contributed by atoms with van der Waals surface area (Å²) in [6.45, 7) is 0.937. The number of amides is 1. The van der Waals surface area contributed by atoms with E-state index in [-0.39, 0.29) is 5.91 Å². The summed E-state index contributed by atoms with van der Waals surface area (Å²) in [7, 11) is 0. The summed E-state index contributed by atoms with van der Waals surface area (Å²) in [6.07, 6.45) is 0. The molecular weight excluding hydrogens is 248 g/mol. The van der Waals surface area contributed by atoms with Crippen LogP contribution in [0.4, 0.5) is 16.5 Å². The van der Waals surface area contributed by atoms with Crippen LogP contribution in [0.5, 0.6) is 0 Å². The maximum atomic E-state index is 11.6. The maximum absolute atomic E-state index is 11.6. The number of nitrogens with zero attached hydrogens (tertiary/aromatic N) is 2. The van der Waals surface area contributed by atoms with E-state index in [1.807, 2.05) is 34.5 Å². The van der Waals surface area contributed by atoms with E-state index >= 15 is 0 Å². The fourth-order valence-electron chi connectivity index (χ4n) is 2.04. The highest BCUT2D eigenvalue weighted by Crippen LogP contribution is 2.30. The lowest BCUT2D eigenvalue weighted by molar-refractivity contribution is -0.115. The zero-order valence-electron chi connectivity index (χ0n) is 9.59. The molecule has 0 spiro atoms. The van der Waals surface area contributed by atoms with Gasteiger partial charge in [0.25, 0.3) is 0 Å². The first-order chi connectivity index (χ1) is 8.72. The van der Waals surface area contributed by atoms with Crippen LogP contribution < -0.4 is 16.0 Å². The second kappa shape index (κ2) is 4.30. The van der Waals surface area contributed by atoms with E-state index in [4.69, 9.17) is 5.73 Å². The number of thiazole rings is 1. The molecule has 1 aliphatic heterocycles. The summed E-state index contributed by atoms with van der Waals surface area (Å²) in [5, 5.41) is 5.33. The van der Waals surface area contributed by atoms with Crippen LogP contribution in [0.2, 0.25) is 0 Å². The predicted octanol–water partition coefficient (Wildman–Crippen LogP) is 1.68. The number of carbonyl (C=O) groups is 1. The third-order valence-corrected chi connectivity index (χ3v) is 3.50. The Morgan fingerprint density at radius 2 is 2.28 bits per heavy atom. The van der Waals surface area contributed by atoms with Crippen molar-refractivity contribution in [3.05, 3.63) is 35.3 Å². The van der Waals surface area contributed by atoms with Crippen molar-refractivity contribution in [3.8, 4) is 0 Å². The van der Waals surface area contributed by atoms with Gasteiger partial charge in [-0.1, -0.05) is 12.1 Å². The summed E-state index contributed by atoms with van der Waals surface area (Å²) in [5.41, 5.74) is 8.37. The standard InChI is InChI=1S/C12H12N4OS/c13-12-14-8(7-18-12)5-16-6-11(17)15-9-3-1-2-4-10(9)16/h1-4,7H,5-6H2,(H2,13,14)(H,15,17). The van der Waals surface area contributed by atoms with Gasteiger partial charge in [0.1, 0.15) is 0 Å². The molecule has 2 aromatic rings. The van der Waals surface area contributed by atoms with Crippen molar-refractivity contribution in [2.24, 2.45) is 0 Å². The number of anilines is 3. The van der Waals surface area contributed by atoms with E-state index in [0.29, 0.717) is 18.2 Å². The topological polar surface area (TPSA) is 71.2 Å². The molecule has 1 aliphatic rings. The highest BCUT2D eigenvalue weighted by atomic mass is 32.1. The number of fused-ring (bicyclic) bond motifs is 1. The monoisotopic (exact) mass is 260 g/mol. The average molecular weight is 260 g/mol. The van der Waals surface area contributed by atoms with Crippen LogP contribution >= 0.6 is 11.3 Å². The fourth-order valence-corrected chi connectivity index (χ4v) is 2.59. The summed E-state index contributed by atoms with van der Waals surface area (Å²) < 4.78 is 0. The van der Waals surface area contributed by atoms with Gasteiger partial charge in [-0.05, 0) is 12.1 Å². The minimum absolute atomic E-state index is 0.00287. The van der Waals surface area contributed by atoms with Gasteiger partial charge in [-0.25, -0.2) is 4.98 Å². The molecule has 0 fully saturated rings. The molecule has 5 nitrogen and oxygen atoms in total.